The molecule has 0 radical (unpaired) electrons. The lowest BCUT2D eigenvalue weighted by molar-refractivity contribution is -0.156. The van der Waals surface area contributed by atoms with Crippen LogP contribution in [-0.4, -0.2) is 34.0 Å². The predicted octanol–water partition coefficient (Wildman–Crippen LogP) is 1.69. The molecule has 3 rings (SSSR count). The van der Waals surface area contributed by atoms with Gasteiger partial charge in [0.15, 0.2) is 0 Å². The number of ether oxygens (including phenoxy) is 1. The van der Waals surface area contributed by atoms with Crippen molar-refractivity contribution in [2.24, 2.45) is 5.92 Å². The third kappa shape index (κ3) is 2.64. The Hall–Kier alpha value is -1.86. The average Bonchev–Trinajstić information content (AvgIpc) is 2.85. The number of rotatable bonds is 2. The number of benzene rings is 1. The fourth-order valence-electron chi connectivity index (χ4n) is 3.41. The number of carbonyl (C=O) groups excluding carboxylic acids is 1. The summed E-state index contributed by atoms with van der Waals surface area (Å²) < 4.78 is 5.79. The number of esters is 1. The van der Waals surface area contributed by atoms with Crippen molar-refractivity contribution in [3.05, 3.63) is 55.9 Å². The maximum Gasteiger partial charge on any atom is 0.312 e. The summed E-state index contributed by atoms with van der Waals surface area (Å²) in [6.45, 7) is 1.59. The van der Waals surface area contributed by atoms with Gasteiger partial charge in [-0.3, -0.25) is 14.7 Å². The van der Waals surface area contributed by atoms with Gasteiger partial charge >= 0.3 is 5.97 Å². The third-order valence-corrected chi connectivity index (χ3v) is 4.96. The SMILES string of the molecule is COC(=O)[C@@H]1[C@@H](c2ccc(Br)cc2)c2c([nH][nH]c2=O)C[C@]1(C)O. The van der Waals surface area contributed by atoms with Crippen molar-refractivity contribution in [3.63, 3.8) is 0 Å². The Morgan fingerprint density at radius 3 is 2.61 bits per heavy atom. The molecular formula is C16H17BrN2O4. The molecule has 3 atom stereocenters. The molecule has 0 saturated carbocycles. The van der Waals surface area contributed by atoms with Crippen LogP contribution in [0.15, 0.2) is 33.5 Å². The molecule has 1 aliphatic rings. The highest BCUT2D eigenvalue weighted by Gasteiger charge is 2.50. The summed E-state index contributed by atoms with van der Waals surface area (Å²) in [6, 6.07) is 7.35. The number of hydrogen-bond acceptors (Lipinski definition) is 4. The van der Waals surface area contributed by atoms with E-state index in [2.05, 4.69) is 26.1 Å². The molecule has 1 heterocycles. The summed E-state index contributed by atoms with van der Waals surface area (Å²) in [5, 5.41) is 16.2. The Morgan fingerprint density at radius 2 is 2.00 bits per heavy atom. The van der Waals surface area contributed by atoms with Gasteiger partial charge in [-0.05, 0) is 24.6 Å². The van der Waals surface area contributed by atoms with Crippen molar-refractivity contribution in [1.82, 2.24) is 10.2 Å². The van der Waals surface area contributed by atoms with Crippen LogP contribution in [0.1, 0.15) is 29.7 Å². The van der Waals surface area contributed by atoms with E-state index in [0.717, 1.165) is 10.0 Å². The molecule has 2 aromatic rings. The maximum atomic E-state index is 12.4. The third-order valence-electron chi connectivity index (χ3n) is 4.43. The highest BCUT2D eigenvalue weighted by atomic mass is 79.9. The zero-order chi connectivity index (χ0) is 16.8. The van der Waals surface area contributed by atoms with E-state index in [0.29, 0.717) is 11.3 Å². The number of halogens is 1. The second-order valence-corrected chi connectivity index (χ2v) is 6.95. The normalized spacial score (nSPS) is 26.6. The van der Waals surface area contributed by atoms with E-state index < -0.39 is 23.4 Å². The van der Waals surface area contributed by atoms with Gasteiger partial charge < -0.3 is 14.9 Å². The molecular weight excluding hydrogens is 364 g/mol. The Balaban J connectivity index is 2.24. The Bertz CT molecular complexity index is 791. The maximum absolute atomic E-state index is 12.4. The van der Waals surface area contributed by atoms with Gasteiger partial charge in [-0.1, -0.05) is 28.1 Å². The van der Waals surface area contributed by atoms with Crippen molar-refractivity contribution in [2.45, 2.75) is 24.9 Å². The number of nitrogens with one attached hydrogen (secondary N) is 2. The van der Waals surface area contributed by atoms with Gasteiger partial charge in [0.2, 0.25) is 0 Å². The zero-order valence-corrected chi connectivity index (χ0v) is 14.3. The van der Waals surface area contributed by atoms with E-state index >= 15 is 0 Å². The Labute approximate surface area is 141 Å². The lowest BCUT2D eigenvalue weighted by Crippen LogP contribution is -2.49. The van der Waals surface area contributed by atoms with E-state index in [1.165, 1.54) is 7.11 Å². The van der Waals surface area contributed by atoms with Crippen LogP contribution in [0, 0.1) is 5.92 Å². The van der Waals surface area contributed by atoms with Crippen LogP contribution in [0.25, 0.3) is 0 Å². The number of H-pyrrole nitrogens is 2. The fourth-order valence-corrected chi connectivity index (χ4v) is 3.68. The Morgan fingerprint density at radius 1 is 1.35 bits per heavy atom. The minimum absolute atomic E-state index is 0.174. The molecule has 3 N–H and O–H groups in total. The van der Waals surface area contributed by atoms with E-state index in [9.17, 15) is 14.7 Å². The average molecular weight is 381 g/mol. The molecule has 1 aromatic heterocycles. The summed E-state index contributed by atoms with van der Waals surface area (Å²) >= 11 is 3.37. The molecule has 0 saturated heterocycles. The van der Waals surface area contributed by atoms with Crippen molar-refractivity contribution < 1.29 is 14.6 Å². The highest BCUT2D eigenvalue weighted by Crippen LogP contribution is 2.44. The predicted molar refractivity (Wildman–Crippen MR) is 87.2 cm³/mol. The van der Waals surface area contributed by atoms with Crippen molar-refractivity contribution in [3.8, 4) is 0 Å². The summed E-state index contributed by atoms with van der Waals surface area (Å²) in [7, 11) is 1.29. The van der Waals surface area contributed by atoms with Crippen molar-refractivity contribution in [1.29, 1.82) is 0 Å². The topological polar surface area (TPSA) is 95.2 Å². The lowest BCUT2D eigenvalue weighted by atomic mass is 9.66. The summed E-state index contributed by atoms with van der Waals surface area (Å²) in [4.78, 5) is 24.6. The van der Waals surface area contributed by atoms with Crippen LogP contribution in [-0.2, 0) is 16.0 Å². The van der Waals surface area contributed by atoms with Gasteiger partial charge in [-0.15, -0.1) is 0 Å². The molecule has 0 aliphatic heterocycles. The number of carbonyl (C=O) groups is 1. The van der Waals surface area contributed by atoms with Crippen LogP contribution >= 0.6 is 15.9 Å². The van der Waals surface area contributed by atoms with Gasteiger partial charge in [0, 0.05) is 28.1 Å². The first kappa shape index (κ1) is 16.0. The first-order valence-corrected chi connectivity index (χ1v) is 7.99. The smallest absolute Gasteiger partial charge is 0.312 e. The quantitative estimate of drug-likeness (QED) is 0.690. The molecule has 0 fully saturated rings. The summed E-state index contributed by atoms with van der Waals surface area (Å²) in [5.74, 6) is -1.98. The molecule has 0 amide bonds. The van der Waals surface area contributed by atoms with Crippen LogP contribution in [0.2, 0.25) is 0 Å². The van der Waals surface area contributed by atoms with E-state index in [1.807, 2.05) is 24.3 Å². The first-order valence-electron chi connectivity index (χ1n) is 7.20. The van der Waals surface area contributed by atoms with Gasteiger partial charge in [0.05, 0.1) is 18.6 Å². The summed E-state index contributed by atoms with van der Waals surface area (Å²) in [5.41, 5.74) is 0.262. The van der Waals surface area contributed by atoms with E-state index in [4.69, 9.17) is 4.74 Å². The molecule has 1 aromatic carbocycles. The number of hydrogen-bond donors (Lipinski definition) is 3. The molecule has 0 unspecified atom stereocenters. The number of fused-ring (bicyclic) bond motifs is 1. The van der Waals surface area contributed by atoms with Gasteiger partial charge in [0.1, 0.15) is 0 Å². The van der Waals surface area contributed by atoms with E-state index in [1.54, 1.807) is 6.92 Å². The minimum Gasteiger partial charge on any atom is -0.469 e. The Kier molecular flexibility index (Phi) is 3.93. The zero-order valence-electron chi connectivity index (χ0n) is 12.7. The number of aromatic amines is 2. The number of aromatic nitrogens is 2. The second-order valence-electron chi connectivity index (χ2n) is 6.04. The molecule has 122 valence electrons. The van der Waals surface area contributed by atoms with Crippen LogP contribution in [0.3, 0.4) is 0 Å². The van der Waals surface area contributed by atoms with Crippen LogP contribution in [0.4, 0.5) is 0 Å². The molecule has 0 spiro atoms. The fraction of sp³-hybridized carbons (Fsp3) is 0.375. The van der Waals surface area contributed by atoms with Gasteiger partial charge in [-0.2, -0.15) is 0 Å². The molecule has 0 bridgehead atoms. The van der Waals surface area contributed by atoms with Crippen molar-refractivity contribution >= 4 is 21.9 Å². The molecule has 23 heavy (non-hydrogen) atoms. The van der Waals surface area contributed by atoms with Crippen LogP contribution in [0.5, 0.6) is 0 Å². The standard InChI is InChI=1S/C16H17BrN2O4/c1-16(22)7-10-12(14(20)19-18-10)11(13(16)15(21)23-2)8-3-5-9(17)6-4-8/h3-6,11,13,22H,7H2,1-2H3,(H2,18,19,20)/t11-,13-,16-/m0/s1. The first-order chi connectivity index (χ1) is 10.8. The largest absolute Gasteiger partial charge is 0.469 e. The number of aliphatic hydroxyl groups is 1. The van der Waals surface area contributed by atoms with Crippen molar-refractivity contribution in [2.75, 3.05) is 7.11 Å². The van der Waals surface area contributed by atoms with E-state index in [-0.39, 0.29) is 12.0 Å². The van der Waals surface area contributed by atoms with Gasteiger partial charge in [-0.25, -0.2) is 0 Å². The summed E-state index contributed by atoms with van der Waals surface area (Å²) in [6.07, 6.45) is 0.174. The van der Waals surface area contributed by atoms with Gasteiger partial charge in [0.25, 0.3) is 5.56 Å². The minimum atomic E-state index is -1.33. The number of methoxy groups -OCH3 is 1. The highest BCUT2D eigenvalue weighted by molar-refractivity contribution is 9.10. The molecule has 6 nitrogen and oxygen atoms in total. The molecule has 7 heteroatoms. The van der Waals surface area contributed by atoms with Crippen LogP contribution < -0.4 is 5.56 Å². The second kappa shape index (κ2) is 5.65. The monoisotopic (exact) mass is 380 g/mol. The molecule has 1 aliphatic carbocycles. The lowest BCUT2D eigenvalue weighted by Gasteiger charge is -2.40.